The van der Waals surface area contributed by atoms with Crippen molar-refractivity contribution in [1.82, 2.24) is 0 Å². The maximum absolute atomic E-state index is 6.68. The Kier molecular flexibility index (Phi) is 8.07. The summed E-state index contributed by atoms with van der Waals surface area (Å²) in [6, 6.07) is 79.1. The topological polar surface area (TPSA) is 32.8 Å². The van der Waals surface area contributed by atoms with Crippen LogP contribution in [0.3, 0.4) is 0 Å². The highest BCUT2D eigenvalue weighted by molar-refractivity contribution is 7.26. The first-order chi connectivity index (χ1) is 33.6. The molecule has 0 saturated heterocycles. The van der Waals surface area contributed by atoms with Gasteiger partial charge in [0.1, 0.15) is 22.3 Å². The fourth-order valence-electron chi connectivity index (χ4n) is 10.5. The van der Waals surface area contributed by atoms with Gasteiger partial charge in [-0.3, -0.25) is 0 Å². The molecule has 15 aromatic rings. The molecule has 0 spiro atoms. The molecule has 0 bridgehead atoms. The molecule has 68 heavy (non-hydrogen) atoms. The van der Waals surface area contributed by atoms with Gasteiger partial charge in [-0.25, -0.2) is 0 Å². The third kappa shape index (κ3) is 5.85. The van der Waals surface area contributed by atoms with Crippen LogP contribution in [0.5, 0.6) is 0 Å². The molecule has 4 aromatic heterocycles. The lowest BCUT2D eigenvalue weighted by Gasteiger charge is -2.26. The van der Waals surface area contributed by atoms with Crippen molar-refractivity contribution in [2.45, 2.75) is 0 Å². The number of para-hydroxylation sites is 2. The summed E-state index contributed by atoms with van der Waals surface area (Å²) in [4.78, 5) is 4.70. The zero-order valence-corrected chi connectivity index (χ0v) is 37.9. The Hall–Kier alpha value is -8.42. The van der Waals surface area contributed by atoms with Crippen LogP contribution in [0.15, 0.2) is 227 Å². The molecule has 4 nitrogen and oxygen atoms in total. The summed E-state index contributed by atoms with van der Waals surface area (Å²) >= 11 is 3.69. The molecule has 0 radical (unpaired) electrons. The van der Waals surface area contributed by atoms with E-state index in [-0.39, 0.29) is 0 Å². The van der Waals surface area contributed by atoms with Crippen molar-refractivity contribution in [2.24, 2.45) is 0 Å². The van der Waals surface area contributed by atoms with Crippen LogP contribution in [-0.4, -0.2) is 0 Å². The van der Waals surface area contributed by atoms with Gasteiger partial charge in [0.25, 0.3) is 0 Å². The quantitative estimate of drug-likeness (QED) is 0.166. The number of rotatable bonds is 6. The average molecular weight is 905 g/mol. The van der Waals surface area contributed by atoms with Crippen LogP contribution in [0.1, 0.15) is 0 Å². The number of hydrogen-bond acceptors (Lipinski definition) is 6. The second-order valence-corrected chi connectivity index (χ2v) is 19.9. The fourth-order valence-corrected chi connectivity index (χ4v) is 12.8. The van der Waals surface area contributed by atoms with E-state index >= 15 is 0 Å². The van der Waals surface area contributed by atoms with Crippen molar-refractivity contribution in [3.63, 3.8) is 0 Å². The number of nitrogens with zero attached hydrogens (tertiary/aromatic N) is 2. The number of furan rings is 2. The van der Waals surface area contributed by atoms with Crippen LogP contribution in [-0.2, 0) is 0 Å². The van der Waals surface area contributed by atoms with E-state index in [0.29, 0.717) is 0 Å². The highest BCUT2D eigenvalue weighted by atomic mass is 32.1. The molecule has 0 atom stereocenters. The van der Waals surface area contributed by atoms with Gasteiger partial charge >= 0.3 is 0 Å². The summed E-state index contributed by atoms with van der Waals surface area (Å²) < 4.78 is 18.5. The van der Waals surface area contributed by atoms with E-state index in [2.05, 4.69) is 228 Å². The summed E-state index contributed by atoms with van der Waals surface area (Å²) in [5.41, 5.74) is 9.96. The van der Waals surface area contributed by atoms with E-state index in [9.17, 15) is 0 Å². The number of anilines is 6. The molecule has 0 aliphatic rings. The van der Waals surface area contributed by atoms with Crippen molar-refractivity contribution < 1.29 is 8.83 Å². The Morgan fingerprint density at radius 1 is 0.235 bits per heavy atom. The lowest BCUT2D eigenvalue weighted by atomic mass is 10.0. The van der Waals surface area contributed by atoms with Crippen LogP contribution < -0.4 is 9.80 Å². The van der Waals surface area contributed by atoms with Crippen LogP contribution >= 0.6 is 22.7 Å². The monoisotopic (exact) mass is 904 g/mol. The molecule has 6 heteroatoms. The minimum absolute atomic E-state index is 0.811. The third-order valence-electron chi connectivity index (χ3n) is 13.7. The van der Waals surface area contributed by atoms with Crippen LogP contribution in [0.4, 0.5) is 34.1 Å². The van der Waals surface area contributed by atoms with Gasteiger partial charge in [-0.2, -0.15) is 0 Å². The van der Waals surface area contributed by atoms with Crippen molar-refractivity contribution in [3.8, 4) is 0 Å². The molecule has 0 N–H and O–H groups in total. The molecule has 0 saturated carbocycles. The molecule has 318 valence electrons. The molecule has 0 unspecified atom stereocenters. The largest absolute Gasteiger partial charge is 0.456 e. The van der Waals surface area contributed by atoms with E-state index in [1.807, 2.05) is 22.7 Å². The van der Waals surface area contributed by atoms with E-state index in [4.69, 9.17) is 8.83 Å². The molecule has 11 aromatic carbocycles. The molecule has 0 amide bonds. The van der Waals surface area contributed by atoms with Crippen molar-refractivity contribution in [3.05, 3.63) is 218 Å². The maximum Gasteiger partial charge on any atom is 0.139 e. The van der Waals surface area contributed by atoms with Gasteiger partial charge in [0.2, 0.25) is 0 Å². The Balaban J connectivity index is 0.815. The Morgan fingerprint density at radius 2 is 0.618 bits per heavy atom. The van der Waals surface area contributed by atoms with Gasteiger partial charge in [0.15, 0.2) is 0 Å². The first-order valence-corrected chi connectivity index (χ1v) is 24.5. The van der Waals surface area contributed by atoms with Crippen LogP contribution in [0.25, 0.3) is 106 Å². The number of benzene rings is 11. The minimum atomic E-state index is 0.811. The molecule has 15 rings (SSSR count). The Bertz CT molecular complexity index is 4240. The molecular formula is C62H36N2O2S2. The SMILES string of the molecule is c1ccc(N(c2ccc3cc4c(cc3c2)oc2cc3oc5cc6cc(N(c7ccccc7)c7ccc8c(c7)sc7ccccc78)ccc6cc5c3cc24)c2ccc3c(c2)sc2ccccc23)cc1. The summed E-state index contributed by atoms with van der Waals surface area (Å²) in [7, 11) is 0. The fraction of sp³-hybridized carbons (Fsp3) is 0. The summed E-state index contributed by atoms with van der Waals surface area (Å²) in [6.45, 7) is 0. The van der Waals surface area contributed by atoms with Crippen molar-refractivity contribution >= 4 is 163 Å². The molecule has 0 aliphatic carbocycles. The van der Waals surface area contributed by atoms with E-state index in [1.54, 1.807) is 0 Å². The van der Waals surface area contributed by atoms with E-state index in [1.165, 1.54) is 40.3 Å². The first-order valence-electron chi connectivity index (χ1n) is 22.9. The zero-order chi connectivity index (χ0) is 44.5. The number of thiophene rings is 2. The summed E-state index contributed by atoms with van der Waals surface area (Å²) in [5.74, 6) is 0. The summed E-state index contributed by atoms with van der Waals surface area (Å²) in [5, 5.41) is 14.1. The second kappa shape index (κ2) is 14.5. The first kappa shape index (κ1) is 37.8. The third-order valence-corrected chi connectivity index (χ3v) is 16.0. The van der Waals surface area contributed by atoms with Gasteiger partial charge < -0.3 is 18.6 Å². The molecule has 0 aliphatic heterocycles. The highest BCUT2D eigenvalue weighted by Crippen LogP contribution is 2.45. The Morgan fingerprint density at radius 3 is 1.10 bits per heavy atom. The average Bonchev–Trinajstić information content (AvgIpc) is 4.14. The number of fused-ring (bicyclic) bond motifs is 14. The predicted molar refractivity (Wildman–Crippen MR) is 291 cm³/mol. The Labute approximate surface area is 397 Å². The van der Waals surface area contributed by atoms with Gasteiger partial charge in [-0.1, -0.05) is 97.1 Å². The molecule has 0 fully saturated rings. The van der Waals surface area contributed by atoms with Crippen LogP contribution in [0, 0.1) is 0 Å². The van der Waals surface area contributed by atoms with Crippen molar-refractivity contribution in [2.75, 3.05) is 9.80 Å². The van der Waals surface area contributed by atoms with E-state index < -0.39 is 0 Å². The minimum Gasteiger partial charge on any atom is -0.456 e. The zero-order valence-electron chi connectivity index (χ0n) is 36.3. The van der Waals surface area contributed by atoms with Gasteiger partial charge in [0, 0.05) is 102 Å². The molecular weight excluding hydrogens is 869 g/mol. The highest BCUT2D eigenvalue weighted by Gasteiger charge is 2.20. The lowest BCUT2D eigenvalue weighted by Crippen LogP contribution is -2.09. The predicted octanol–water partition coefficient (Wildman–Crippen LogP) is 19.5. The second-order valence-electron chi connectivity index (χ2n) is 17.7. The normalized spacial score (nSPS) is 12.1. The van der Waals surface area contributed by atoms with Gasteiger partial charge in [-0.05, 0) is 137 Å². The van der Waals surface area contributed by atoms with Gasteiger partial charge in [0.05, 0.1) is 0 Å². The van der Waals surface area contributed by atoms with Gasteiger partial charge in [-0.15, -0.1) is 22.7 Å². The standard InChI is InChI=1S/C62H36N2O2S2/c1-3-11-41(12-4-1)63(45-23-25-49-47-15-7-9-17-59(47)67-61(49)33-45)43-21-19-37-29-51-53-35-54-52-30-38-20-22-44(28-40(38)32-56(52)66-58(54)36-57(53)65-55(51)31-39(37)27-43)64(42-13-5-2-6-14-42)46-24-26-50-48-16-8-10-18-60(48)68-62(50)34-46/h1-36H. The van der Waals surface area contributed by atoms with Crippen molar-refractivity contribution in [1.29, 1.82) is 0 Å². The number of hydrogen-bond donors (Lipinski definition) is 0. The lowest BCUT2D eigenvalue weighted by molar-refractivity contribution is 0.656. The smallest absolute Gasteiger partial charge is 0.139 e. The van der Waals surface area contributed by atoms with Crippen LogP contribution in [0.2, 0.25) is 0 Å². The van der Waals surface area contributed by atoms with E-state index in [0.717, 1.165) is 99.5 Å². The summed E-state index contributed by atoms with van der Waals surface area (Å²) in [6.07, 6.45) is 0. The maximum atomic E-state index is 6.68. The molecule has 4 heterocycles.